The van der Waals surface area contributed by atoms with Gasteiger partial charge in [0.2, 0.25) is 0 Å². The van der Waals surface area contributed by atoms with Crippen LogP contribution in [-0.4, -0.2) is 0 Å². The van der Waals surface area contributed by atoms with E-state index in [1.54, 1.807) is 89.9 Å². The topological polar surface area (TPSA) is 0 Å². The number of hydrogen-bond donors (Lipinski definition) is 0. The van der Waals surface area contributed by atoms with Gasteiger partial charge < -0.3 is 0 Å². The molecule has 0 heterocycles. The average molecular weight is 687 g/mol. The standard InChI is InChI=1S/C50H86/c1-3-7-11-19-25-31-39-40(44-36-46-45(35-43(39)44)49-47-41-33-34-42(41)48(47)50(46)49)32-26-20-12-8-4-2-6-10-16-22-28-38-30-24-18-14-13-17-23-29-37(38)27-21-15-9-5-1/h37-50H,1-36H2. The molecule has 0 aromatic carbocycles. The van der Waals surface area contributed by atoms with E-state index in [4.69, 9.17) is 0 Å². The molecule has 14 unspecified atom stereocenters. The molecule has 8 rings (SSSR count). The second kappa shape index (κ2) is 18.6. The van der Waals surface area contributed by atoms with Gasteiger partial charge in [-0.3, -0.25) is 0 Å². The highest BCUT2D eigenvalue weighted by Crippen LogP contribution is 2.83. The molecule has 8 aliphatic carbocycles. The van der Waals surface area contributed by atoms with Crippen LogP contribution >= 0.6 is 0 Å². The molecule has 14 atom stereocenters. The van der Waals surface area contributed by atoms with Crippen molar-refractivity contribution in [2.45, 2.75) is 231 Å². The van der Waals surface area contributed by atoms with Gasteiger partial charge in [-0.05, 0) is 121 Å². The third kappa shape index (κ3) is 8.16. The summed E-state index contributed by atoms with van der Waals surface area (Å²) < 4.78 is 0. The van der Waals surface area contributed by atoms with E-state index >= 15 is 0 Å². The van der Waals surface area contributed by atoms with Crippen LogP contribution in [0.1, 0.15) is 231 Å². The first-order valence-electron chi connectivity index (χ1n) is 24.9. The van der Waals surface area contributed by atoms with E-state index in [1.165, 1.54) is 200 Å². The Hall–Kier alpha value is 0. The fraction of sp³-hybridized carbons (Fsp3) is 1.00. The van der Waals surface area contributed by atoms with Gasteiger partial charge in [-0.2, -0.15) is 0 Å². The van der Waals surface area contributed by atoms with Gasteiger partial charge in [-0.25, -0.2) is 0 Å². The molecule has 0 aliphatic heterocycles. The van der Waals surface area contributed by atoms with Crippen molar-refractivity contribution in [1.29, 1.82) is 0 Å². The summed E-state index contributed by atoms with van der Waals surface area (Å²) in [6, 6.07) is 0. The monoisotopic (exact) mass is 687 g/mol. The number of rotatable bonds is 0. The van der Waals surface area contributed by atoms with E-state index in [9.17, 15) is 0 Å². The Morgan fingerprint density at radius 2 is 0.400 bits per heavy atom. The van der Waals surface area contributed by atoms with Crippen LogP contribution in [0.3, 0.4) is 0 Å². The molecule has 0 N–H and O–H groups in total. The lowest BCUT2D eigenvalue weighted by molar-refractivity contribution is -0.357. The summed E-state index contributed by atoms with van der Waals surface area (Å²) in [4.78, 5) is 0. The van der Waals surface area contributed by atoms with Crippen molar-refractivity contribution in [3.05, 3.63) is 0 Å². The SMILES string of the molecule is C1CCCCCCC2C(CCCCCCCCCCCCC3CCCCCCCCC3CCCCC1)C1CC3C(CC21)C1C2C4CCC4C2C31. The molecular formula is C50H86. The van der Waals surface area contributed by atoms with Crippen molar-refractivity contribution in [2.75, 3.05) is 0 Å². The minimum Gasteiger partial charge on any atom is -0.0533 e. The Bertz CT molecular complexity index is 903. The highest BCUT2D eigenvalue weighted by atomic mass is 14.8. The van der Waals surface area contributed by atoms with Crippen molar-refractivity contribution in [2.24, 2.45) is 82.9 Å². The molecule has 0 nitrogen and oxygen atoms in total. The van der Waals surface area contributed by atoms with Crippen LogP contribution in [0, 0.1) is 82.9 Å². The molecule has 0 heteroatoms. The molecule has 0 bridgehead atoms. The van der Waals surface area contributed by atoms with Gasteiger partial charge in [0, 0.05) is 0 Å². The Labute approximate surface area is 313 Å². The van der Waals surface area contributed by atoms with E-state index in [1.807, 2.05) is 0 Å². The zero-order chi connectivity index (χ0) is 33.5. The lowest BCUT2D eigenvalue weighted by Crippen LogP contribution is -2.78. The lowest BCUT2D eigenvalue weighted by atomic mass is 9.21. The summed E-state index contributed by atoms with van der Waals surface area (Å²) in [5.41, 5.74) is 0. The minimum absolute atomic E-state index is 1.06. The largest absolute Gasteiger partial charge is 0.0533 e. The highest BCUT2D eigenvalue weighted by molar-refractivity contribution is 5.25. The van der Waals surface area contributed by atoms with Crippen molar-refractivity contribution in [1.82, 2.24) is 0 Å². The number of fused-ring (bicyclic) bond motifs is 15. The maximum atomic E-state index is 1.71. The first-order chi connectivity index (χ1) is 24.9. The summed E-state index contributed by atoms with van der Waals surface area (Å²) >= 11 is 0. The molecular weight excluding hydrogens is 601 g/mol. The zero-order valence-corrected chi connectivity index (χ0v) is 33.5. The molecule has 8 aliphatic rings. The molecule has 0 saturated heterocycles. The Kier molecular flexibility index (Phi) is 13.7. The van der Waals surface area contributed by atoms with Crippen molar-refractivity contribution in [3.8, 4) is 0 Å². The van der Waals surface area contributed by atoms with Crippen molar-refractivity contribution < 1.29 is 0 Å². The van der Waals surface area contributed by atoms with Crippen LogP contribution in [0.5, 0.6) is 0 Å². The van der Waals surface area contributed by atoms with E-state index in [2.05, 4.69) is 0 Å². The maximum absolute atomic E-state index is 1.71. The second-order valence-corrected chi connectivity index (χ2v) is 21.1. The smallest absolute Gasteiger partial charge is 0.0315 e. The first-order valence-corrected chi connectivity index (χ1v) is 24.9. The minimum atomic E-state index is 1.06. The second-order valence-electron chi connectivity index (χ2n) is 21.1. The summed E-state index contributed by atoms with van der Waals surface area (Å²) in [5, 5.41) is 0. The van der Waals surface area contributed by atoms with E-state index in [-0.39, 0.29) is 0 Å². The van der Waals surface area contributed by atoms with Gasteiger partial charge in [-0.1, -0.05) is 193 Å². The van der Waals surface area contributed by atoms with Gasteiger partial charge in [0.05, 0.1) is 0 Å². The van der Waals surface area contributed by atoms with Gasteiger partial charge >= 0.3 is 0 Å². The van der Waals surface area contributed by atoms with Crippen molar-refractivity contribution >= 4 is 0 Å². The summed E-state index contributed by atoms with van der Waals surface area (Å²) in [6.45, 7) is 0. The molecule has 0 aromatic heterocycles. The van der Waals surface area contributed by atoms with Crippen molar-refractivity contribution in [3.63, 3.8) is 0 Å². The molecule has 8 saturated carbocycles. The van der Waals surface area contributed by atoms with Crippen LogP contribution in [0.2, 0.25) is 0 Å². The Morgan fingerprint density at radius 1 is 0.160 bits per heavy atom. The Morgan fingerprint density at radius 3 is 0.680 bits per heavy atom. The predicted molar refractivity (Wildman–Crippen MR) is 215 cm³/mol. The van der Waals surface area contributed by atoms with Crippen LogP contribution in [0.15, 0.2) is 0 Å². The Balaban J connectivity index is 0.781. The van der Waals surface area contributed by atoms with Crippen LogP contribution in [-0.2, 0) is 0 Å². The quantitative estimate of drug-likeness (QED) is 0.223. The van der Waals surface area contributed by atoms with Crippen LogP contribution < -0.4 is 0 Å². The fourth-order valence-corrected chi connectivity index (χ4v) is 16.1. The zero-order valence-electron chi connectivity index (χ0n) is 33.5. The maximum Gasteiger partial charge on any atom is -0.0315 e. The van der Waals surface area contributed by atoms with Gasteiger partial charge in [-0.15, -0.1) is 0 Å². The molecule has 0 radical (unpaired) electrons. The normalized spacial score (nSPS) is 47.5. The predicted octanol–water partition coefficient (Wildman–Crippen LogP) is 15.8. The molecule has 286 valence electrons. The lowest BCUT2D eigenvalue weighted by Gasteiger charge is -2.83. The third-order valence-electron chi connectivity index (χ3n) is 18.8. The van der Waals surface area contributed by atoms with E-state index < -0.39 is 0 Å². The summed E-state index contributed by atoms with van der Waals surface area (Å²) in [6.07, 6.45) is 56.0. The summed E-state index contributed by atoms with van der Waals surface area (Å²) in [5.74, 6) is 16.7. The van der Waals surface area contributed by atoms with E-state index in [0.717, 1.165) is 23.7 Å². The third-order valence-corrected chi connectivity index (χ3v) is 18.8. The molecule has 0 aromatic rings. The van der Waals surface area contributed by atoms with Gasteiger partial charge in [0.15, 0.2) is 0 Å². The molecule has 50 heavy (non-hydrogen) atoms. The van der Waals surface area contributed by atoms with Gasteiger partial charge in [0.25, 0.3) is 0 Å². The highest BCUT2D eigenvalue weighted by Gasteiger charge is 2.78. The first kappa shape index (κ1) is 36.9. The van der Waals surface area contributed by atoms with Gasteiger partial charge in [0.1, 0.15) is 0 Å². The molecule has 8 fully saturated rings. The number of hydrogen-bond acceptors (Lipinski definition) is 0. The van der Waals surface area contributed by atoms with E-state index in [0.29, 0.717) is 0 Å². The van der Waals surface area contributed by atoms with Crippen LogP contribution in [0.25, 0.3) is 0 Å². The van der Waals surface area contributed by atoms with Crippen LogP contribution in [0.4, 0.5) is 0 Å². The average Bonchev–Trinajstić information content (AvgIpc) is 3.10. The molecule has 0 amide bonds. The fourth-order valence-electron chi connectivity index (χ4n) is 16.1. The molecule has 0 spiro atoms. The summed E-state index contributed by atoms with van der Waals surface area (Å²) in [7, 11) is 0.